The van der Waals surface area contributed by atoms with Crippen molar-refractivity contribution in [2.45, 2.75) is 64.6 Å². The molecule has 0 aromatic carbocycles. The second-order valence-corrected chi connectivity index (χ2v) is 6.90. The molecule has 122 valence electrons. The van der Waals surface area contributed by atoms with Crippen molar-refractivity contribution >= 4 is 6.03 Å². The second kappa shape index (κ2) is 7.45. The maximum Gasteiger partial charge on any atom is 0.317 e. The summed E-state index contributed by atoms with van der Waals surface area (Å²) >= 11 is 0. The minimum absolute atomic E-state index is 0.0347. The topological polar surface area (TPSA) is 55.8 Å². The number of piperidine rings is 1. The lowest BCUT2D eigenvalue weighted by atomic mass is 10.0. The van der Waals surface area contributed by atoms with Gasteiger partial charge >= 0.3 is 6.03 Å². The Kier molecular flexibility index (Phi) is 5.88. The number of aliphatic hydroxyl groups excluding tert-OH is 1. The van der Waals surface area contributed by atoms with Crippen molar-refractivity contribution in [2.24, 2.45) is 5.92 Å². The van der Waals surface area contributed by atoms with Crippen LogP contribution in [0.5, 0.6) is 0 Å². The lowest BCUT2D eigenvalue weighted by molar-refractivity contribution is 0.109. The quantitative estimate of drug-likeness (QED) is 0.830. The summed E-state index contributed by atoms with van der Waals surface area (Å²) in [6.07, 6.45) is 4.29. The number of nitrogens with zero attached hydrogens (tertiary/aromatic N) is 2. The summed E-state index contributed by atoms with van der Waals surface area (Å²) in [7, 11) is 0. The van der Waals surface area contributed by atoms with Crippen LogP contribution < -0.4 is 5.32 Å². The molecule has 21 heavy (non-hydrogen) atoms. The summed E-state index contributed by atoms with van der Waals surface area (Å²) in [5.41, 5.74) is 0. The molecular formula is C16H31N3O2. The Morgan fingerprint density at radius 2 is 2.00 bits per heavy atom. The lowest BCUT2D eigenvalue weighted by Crippen LogP contribution is -2.51. The number of aliphatic hydroxyl groups is 1. The zero-order valence-electron chi connectivity index (χ0n) is 13.7. The molecule has 2 amide bonds. The molecule has 2 fully saturated rings. The summed E-state index contributed by atoms with van der Waals surface area (Å²) in [5, 5.41) is 12.7. The van der Waals surface area contributed by atoms with Crippen LogP contribution in [0.4, 0.5) is 4.79 Å². The molecule has 0 saturated carbocycles. The van der Waals surface area contributed by atoms with Crippen LogP contribution in [0.3, 0.4) is 0 Å². The summed E-state index contributed by atoms with van der Waals surface area (Å²) in [4.78, 5) is 16.6. The van der Waals surface area contributed by atoms with Crippen molar-refractivity contribution in [1.29, 1.82) is 0 Å². The molecule has 0 aromatic rings. The molecule has 3 atom stereocenters. The third-order valence-corrected chi connectivity index (χ3v) is 5.02. The van der Waals surface area contributed by atoms with E-state index in [2.05, 4.69) is 24.1 Å². The maximum atomic E-state index is 12.2. The van der Waals surface area contributed by atoms with E-state index < -0.39 is 0 Å². The zero-order chi connectivity index (χ0) is 15.4. The number of carbonyl (C=O) groups is 1. The lowest BCUT2D eigenvalue weighted by Gasteiger charge is -2.38. The smallest absolute Gasteiger partial charge is 0.317 e. The van der Waals surface area contributed by atoms with Crippen molar-refractivity contribution in [3.8, 4) is 0 Å². The number of likely N-dealkylation sites (tertiary alicyclic amines) is 2. The predicted octanol–water partition coefficient (Wildman–Crippen LogP) is 1.66. The van der Waals surface area contributed by atoms with Gasteiger partial charge in [-0.1, -0.05) is 6.42 Å². The van der Waals surface area contributed by atoms with Crippen molar-refractivity contribution < 1.29 is 9.90 Å². The Balaban J connectivity index is 1.78. The number of urea groups is 1. The van der Waals surface area contributed by atoms with Crippen LogP contribution in [0.15, 0.2) is 0 Å². The van der Waals surface area contributed by atoms with Crippen LogP contribution in [0, 0.1) is 5.92 Å². The van der Waals surface area contributed by atoms with E-state index in [0.717, 1.165) is 26.1 Å². The van der Waals surface area contributed by atoms with E-state index in [4.69, 9.17) is 0 Å². The van der Waals surface area contributed by atoms with Crippen molar-refractivity contribution in [2.75, 3.05) is 26.2 Å². The number of hydrogen-bond acceptors (Lipinski definition) is 3. The standard InChI is InChI=1S/C16H31N3O2/c1-12(2)19-8-5-4-6-15(19)10-17-16(21)18-9-7-14(11-18)13(3)20/h12-15,20H,4-11H2,1-3H3,(H,17,21)/t13-,14-,15+/m0/s1. The van der Waals surface area contributed by atoms with Gasteiger partial charge in [0.05, 0.1) is 6.10 Å². The fourth-order valence-electron chi connectivity index (χ4n) is 3.60. The number of nitrogens with one attached hydrogen (secondary N) is 1. The Bertz CT molecular complexity index is 346. The second-order valence-electron chi connectivity index (χ2n) is 6.90. The van der Waals surface area contributed by atoms with Gasteiger partial charge in [-0.2, -0.15) is 0 Å². The fraction of sp³-hybridized carbons (Fsp3) is 0.938. The molecule has 0 radical (unpaired) electrons. The van der Waals surface area contributed by atoms with E-state index >= 15 is 0 Å². The van der Waals surface area contributed by atoms with Gasteiger partial charge in [0, 0.05) is 37.6 Å². The Hall–Kier alpha value is -0.810. The maximum absolute atomic E-state index is 12.2. The SMILES string of the molecule is CC(C)N1CCCC[C@@H]1CNC(=O)N1CC[C@H]([C@H](C)O)C1. The van der Waals surface area contributed by atoms with Crippen LogP contribution in [0.2, 0.25) is 0 Å². The van der Waals surface area contributed by atoms with Crippen molar-refractivity contribution in [3.05, 3.63) is 0 Å². The first-order chi connectivity index (χ1) is 9.99. The van der Waals surface area contributed by atoms with Gasteiger partial charge in [0.25, 0.3) is 0 Å². The third kappa shape index (κ3) is 4.33. The Morgan fingerprint density at radius 1 is 1.24 bits per heavy atom. The fourth-order valence-corrected chi connectivity index (χ4v) is 3.60. The summed E-state index contributed by atoms with van der Waals surface area (Å²) in [5.74, 6) is 0.234. The van der Waals surface area contributed by atoms with Crippen LogP contribution in [0.25, 0.3) is 0 Å². The summed E-state index contributed by atoms with van der Waals surface area (Å²) < 4.78 is 0. The molecule has 5 nitrogen and oxygen atoms in total. The minimum atomic E-state index is -0.322. The van der Waals surface area contributed by atoms with Gasteiger partial charge in [-0.05, 0) is 46.6 Å². The van der Waals surface area contributed by atoms with E-state index in [1.165, 1.54) is 19.3 Å². The zero-order valence-corrected chi connectivity index (χ0v) is 13.7. The molecule has 0 aromatic heterocycles. The monoisotopic (exact) mass is 297 g/mol. The van der Waals surface area contributed by atoms with Crippen LogP contribution in [-0.4, -0.2) is 65.3 Å². The normalized spacial score (nSPS) is 28.9. The van der Waals surface area contributed by atoms with Crippen LogP contribution in [-0.2, 0) is 0 Å². The molecule has 2 aliphatic heterocycles. The third-order valence-electron chi connectivity index (χ3n) is 5.02. The highest BCUT2D eigenvalue weighted by Gasteiger charge is 2.30. The first-order valence-corrected chi connectivity index (χ1v) is 8.45. The Morgan fingerprint density at radius 3 is 2.62 bits per heavy atom. The first-order valence-electron chi connectivity index (χ1n) is 8.45. The molecular weight excluding hydrogens is 266 g/mol. The van der Waals surface area contributed by atoms with E-state index in [1.807, 2.05) is 11.8 Å². The number of rotatable bonds is 4. The molecule has 2 saturated heterocycles. The van der Waals surface area contributed by atoms with Crippen LogP contribution >= 0.6 is 0 Å². The molecule has 0 unspecified atom stereocenters. The van der Waals surface area contributed by atoms with Gasteiger partial charge in [-0.3, -0.25) is 4.90 Å². The number of hydrogen-bond donors (Lipinski definition) is 2. The largest absolute Gasteiger partial charge is 0.393 e. The highest BCUT2D eigenvalue weighted by molar-refractivity contribution is 5.74. The van der Waals surface area contributed by atoms with Crippen LogP contribution in [0.1, 0.15) is 46.5 Å². The van der Waals surface area contributed by atoms with Crippen molar-refractivity contribution in [1.82, 2.24) is 15.1 Å². The highest BCUT2D eigenvalue weighted by Crippen LogP contribution is 2.21. The molecule has 2 N–H and O–H groups in total. The Labute approximate surface area is 128 Å². The first kappa shape index (κ1) is 16.6. The molecule has 2 heterocycles. The minimum Gasteiger partial charge on any atom is -0.393 e. The van der Waals surface area contributed by atoms with E-state index in [9.17, 15) is 9.90 Å². The van der Waals surface area contributed by atoms with Gasteiger partial charge in [0.2, 0.25) is 0 Å². The summed E-state index contributed by atoms with van der Waals surface area (Å²) in [6.45, 7) is 9.61. The van der Waals surface area contributed by atoms with E-state index in [-0.39, 0.29) is 18.1 Å². The molecule has 0 spiro atoms. The molecule has 0 aliphatic carbocycles. The predicted molar refractivity (Wildman–Crippen MR) is 84.2 cm³/mol. The van der Waals surface area contributed by atoms with E-state index in [1.54, 1.807) is 0 Å². The van der Waals surface area contributed by atoms with Gasteiger partial charge < -0.3 is 15.3 Å². The molecule has 2 rings (SSSR count). The molecule has 0 bridgehead atoms. The van der Waals surface area contributed by atoms with Gasteiger partial charge in [-0.25, -0.2) is 4.79 Å². The van der Waals surface area contributed by atoms with Crippen molar-refractivity contribution in [3.63, 3.8) is 0 Å². The average molecular weight is 297 g/mol. The van der Waals surface area contributed by atoms with E-state index in [0.29, 0.717) is 18.6 Å². The van der Waals surface area contributed by atoms with Gasteiger partial charge in [0.1, 0.15) is 0 Å². The van der Waals surface area contributed by atoms with Gasteiger partial charge in [0.15, 0.2) is 0 Å². The summed E-state index contributed by atoms with van der Waals surface area (Å²) in [6, 6.07) is 1.05. The van der Waals surface area contributed by atoms with Gasteiger partial charge in [-0.15, -0.1) is 0 Å². The number of amides is 2. The highest BCUT2D eigenvalue weighted by atomic mass is 16.3. The average Bonchev–Trinajstić information content (AvgIpc) is 2.95. The number of carbonyl (C=O) groups excluding carboxylic acids is 1. The molecule has 2 aliphatic rings. The molecule has 5 heteroatoms.